The lowest BCUT2D eigenvalue weighted by Crippen LogP contribution is -2.22. The van der Waals surface area contributed by atoms with Crippen LogP contribution in [0.5, 0.6) is 0 Å². The van der Waals surface area contributed by atoms with Crippen LogP contribution in [0.1, 0.15) is 13.3 Å². The monoisotopic (exact) mass is 198 g/mol. The number of ether oxygens (including phenoxy) is 1. The molecule has 0 aromatic rings. The third-order valence-electron chi connectivity index (χ3n) is 1.16. The summed E-state index contributed by atoms with van der Waals surface area (Å²) in [6.07, 6.45) is -4.97. The van der Waals surface area contributed by atoms with E-state index in [0.717, 1.165) is 0 Å². The molecule has 0 radical (unpaired) electrons. The predicted octanol–water partition coefficient (Wildman–Crippen LogP) is 1.89. The van der Waals surface area contributed by atoms with Crippen molar-refractivity contribution in [1.29, 1.82) is 0 Å². The zero-order valence-electron chi connectivity index (χ0n) is 7.40. The van der Waals surface area contributed by atoms with E-state index in [1.807, 2.05) is 0 Å². The van der Waals surface area contributed by atoms with Crippen LogP contribution in [0, 0.1) is 0 Å². The van der Waals surface area contributed by atoms with Gasteiger partial charge < -0.3 is 9.84 Å². The molecule has 0 amide bonds. The first-order valence-electron chi connectivity index (χ1n) is 3.78. The molecule has 78 valence electrons. The maximum absolute atomic E-state index is 11.5. The van der Waals surface area contributed by atoms with Gasteiger partial charge in [0.1, 0.15) is 6.61 Å². The number of aliphatic hydroxyl groups is 1. The molecule has 0 fully saturated rings. The third-order valence-corrected chi connectivity index (χ3v) is 1.16. The molecule has 0 spiro atoms. The lowest BCUT2D eigenvalue weighted by atomic mass is 10.1. The molecule has 0 aromatic heterocycles. The van der Waals surface area contributed by atoms with Crippen molar-refractivity contribution < 1.29 is 23.0 Å². The van der Waals surface area contributed by atoms with E-state index in [2.05, 4.69) is 11.3 Å². The molecule has 2 nitrogen and oxygen atoms in total. The number of hydrogen-bond donors (Lipinski definition) is 1. The Morgan fingerprint density at radius 1 is 1.54 bits per heavy atom. The highest BCUT2D eigenvalue weighted by atomic mass is 19.4. The van der Waals surface area contributed by atoms with Gasteiger partial charge in [-0.05, 0) is 13.3 Å². The molecule has 0 saturated heterocycles. The molecule has 0 bridgehead atoms. The molecule has 0 saturated carbocycles. The number of aliphatic hydroxyl groups excluding tert-OH is 1. The Bertz CT molecular complexity index is 165. The second-order valence-corrected chi connectivity index (χ2v) is 2.95. The molecule has 0 aliphatic rings. The molecule has 0 aliphatic carbocycles. The minimum absolute atomic E-state index is 0.262. The summed E-state index contributed by atoms with van der Waals surface area (Å²) in [4.78, 5) is 0. The summed E-state index contributed by atoms with van der Waals surface area (Å²) >= 11 is 0. The van der Waals surface area contributed by atoms with Gasteiger partial charge in [-0.25, -0.2) is 0 Å². The van der Waals surface area contributed by atoms with Crippen LogP contribution in [0.25, 0.3) is 0 Å². The fourth-order valence-corrected chi connectivity index (χ4v) is 0.772. The molecule has 1 unspecified atom stereocenters. The quantitative estimate of drug-likeness (QED) is 0.683. The van der Waals surface area contributed by atoms with Crippen LogP contribution >= 0.6 is 0 Å². The summed E-state index contributed by atoms with van der Waals surface area (Å²) in [7, 11) is 0. The Balaban J connectivity index is 3.48. The van der Waals surface area contributed by atoms with E-state index >= 15 is 0 Å². The van der Waals surface area contributed by atoms with Crippen molar-refractivity contribution in [3.8, 4) is 0 Å². The van der Waals surface area contributed by atoms with E-state index in [9.17, 15) is 13.2 Å². The molecule has 13 heavy (non-hydrogen) atoms. The van der Waals surface area contributed by atoms with Gasteiger partial charge in [0.05, 0.1) is 12.7 Å². The normalized spacial score (nSPS) is 14.2. The van der Waals surface area contributed by atoms with Crippen LogP contribution in [0.4, 0.5) is 13.2 Å². The maximum Gasteiger partial charge on any atom is 0.411 e. The van der Waals surface area contributed by atoms with Crippen LogP contribution in [-0.2, 0) is 4.74 Å². The first-order valence-corrected chi connectivity index (χ1v) is 3.78. The SMILES string of the molecule is C=C(C)CC(O)COCC(F)(F)F. The Hall–Kier alpha value is -0.550. The summed E-state index contributed by atoms with van der Waals surface area (Å²) in [6.45, 7) is 3.57. The largest absolute Gasteiger partial charge is 0.411 e. The highest BCUT2D eigenvalue weighted by Gasteiger charge is 2.27. The predicted molar refractivity (Wildman–Crippen MR) is 42.3 cm³/mol. The van der Waals surface area contributed by atoms with Gasteiger partial charge in [0.25, 0.3) is 0 Å². The maximum atomic E-state index is 11.5. The first-order chi connectivity index (χ1) is 5.81. The topological polar surface area (TPSA) is 29.5 Å². The van der Waals surface area contributed by atoms with Gasteiger partial charge in [0, 0.05) is 0 Å². The average molecular weight is 198 g/mol. The van der Waals surface area contributed by atoms with Gasteiger partial charge in [-0.2, -0.15) is 13.2 Å². The molecule has 0 aromatic carbocycles. The Morgan fingerprint density at radius 2 is 2.08 bits per heavy atom. The second-order valence-electron chi connectivity index (χ2n) is 2.95. The highest BCUT2D eigenvalue weighted by Crippen LogP contribution is 2.14. The minimum Gasteiger partial charge on any atom is -0.390 e. The van der Waals surface area contributed by atoms with Gasteiger partial charge >= 0.3 is 6.18 Å². The number of alkyl halides is 3. The highest BCUT2D eigenvalue weighted by molar-refractivity contribution is 4.90. The number of hydrogen-bond acceptors (Lipinski definition) is 2. The van der Waals surface area contributed by atoms with Crippen molar-refractivity contribution >= 4 is 0 Å². The van der Waals surface area contributed by atoms with Crippen LogP contribution in [0.3, 0.4) is 0 Å². The summed E-state index contributed by atoms with van der Waals surface area (Å²) in [5, 5.41) is 9.06. The zero-order chi connectivity index (χ0) is 10.5. The zero-order valence-corrected chi connectivity index (χ0v) is 7.40. The van der Waals surface area contributed by atoms with Crippen molar-refractivity contribution in [3.05, 3.63) is 12.2 Å². The molecule has 5 heteroatoms. The van der Waals surface area contributed by atoms with Crippen LogP contribution < -0.4 is 0 Å². The third kappa shape index (κ3) is 9.36. The fourth-order valence-electron chi connectivity index (χ4n) is 0.772. The van der Waals surface area contributed by atoms with Gasteiger partial charge in [-0.1, -0.05) is 5.57 Å². The molecule has 0 heterocycles. The smallest absolute Gasteiger partial charge is 0.390 e. The Kier molecular flexibility index (Phi) is 5.02. The summed E-state index contributed by atoms with van der Waals surface area (Å²) in [5.41, 5.74) is 0.711. The van der Waals surface area contributed by atoms with Crippen molar-refractivity contribution in [1.82, 2.24) is 0 Å². The van der Waals surface area contributed by atoms with Crippen molar-refractivity contribution in [2.24, 2.45) is 0 Å². The van der Waals surface area contributed by atoms with Crippen molar-refractivity contribution in [2.75, 3.05) is 13.2 Å². The Labute approximate surface area is 75.0 Å². The van der Waals surface area contributed by atoms with E-state index in [1.54, 1.807) is 6.92 Å². The van der Waals surface area contributed by atoms with Gasteiger partial charge in [-0.3, -0.25) is 0 Å². The van der Waals surface area contributed by atoms with Crippen LogP contribution in [0.15, 0.2) is 12.2 Å². The lowest BCUT2D eigenvalue weighted by Gasteiger charge is -2.12. The van der Waals surface area contributed by atoms with E-state index in [1.165, 1.54) is 0 Å². The minimum atomic E-state index is -4.33. The van der Waals surface area contributed by atoms with E-state index in [-0.39, 0.29) is 13.0 Å². The second kappa shape index (κ2) is 5.24. The molecule has 0 aliphatic heterocycles. The number of halogens is 3. The molecule has 1 atom stereocenters. The van der Waals surface area contributed by atoms with Crippen molar-refractivity contribution in [2.45, 2.75) is 25.6 Å². The summed E-state index contributed by atoms with van der Waals surface area (Å²) < 4.78 is 38.9. The molecule has 0 rings (SSSR count). The molecular weight excluding hydrogens is 185 g/mol. The standard InChI is InChI=1S/C8H13F3O2/c1-6(2)3-7(12)4-13-5-8(9,10)11/h7,12H,1,3-5H2,2H3. The molecular formula is C8H13F3O2. The average Bonchev–Trinajstić information content (AvgIpc) is 1.81. The van der Waals surface area contributed by atoms with Gasteiger partial charge in [-0.15, -0.1) is 6.58 Å². The van der Waals surface area contributed by atoms with Crippen LogP contribution in [0.2, 0.25) is 0 Å². The first kappa shape index (κ1) is 12.4. The van der Waals surface area contributed by atoms with Gasteiger partial charge in [0.15, 0.2) is 0 Å². The summed E-state index contributed by atoms with van der Waals surface area (Å²) in [6, 6.07) is 0. The fraction of sp³-hybridized carbons (Fsp3) is 0.750. The Morgan fingerprint density at radius 3 is 2.46 bits per heavy atom. The van der Waals surface area contributed by atoms with E-state index in [4.69, 9.17) is 5.11 Å². The summed E-state index contributed by atoms with van der Waals surface area (Å²) in [5.74, 6) is 0. The van der Waals surface area contributed by atoms with E-state index in [0.29, 0.717) is 5.57 Å². The lowest BCUT2D eigenvalue weighted by molar-refractivity contribution is -0.178. The van der Waals surface area contributed by atoms with Crippen LogP contribution in [-0.4, -0.2) is 30.6 Å². The van der Waals surface area contributed by atoms with Gasteiger partial charge in [0.2, 0.25) is 0 Å². The molecule has 1 N–H and O–H groups in total. The number of rotatable bonds is 5. The van der Waals surface area contributed by atoms with E-state index < -0.39 is 18.9 Å². The van der Waals surface area contributed by atoms with Crippen molar-refractivity contribution in [3.63, 3.8) is 0 Å².